The van der Waals surface area contributed by atoms with Gasteiger partial charge in [-0.1, -0.05) is 13.8 Å². The van der Waals surface area contributed by atoms with Crippen molar-refractivity contribution in [3.63, 3.8) is 0 Å². The molecule has 1 saturated carbocycles. The average molecular weight is 572 g/mol. The third kappa shape index (κ3) is 4.19. The van der Waals surface area contributed by atoms with Crippen LogP contribution in [0.2, 0.25) is 0 Å². The Hall–Kier alpha value is -3.38. The van der Waals surface area contributed by atoms with Crippen LogP contribution in [-0.4, -0.2) is 63.8 Å². The van der Waals surface area contributed by atoms with E-state index >= 15 is 0 Å². The first-order valence-corrected chi connectivity index (χ1v) is 13.9. The number of nitrogens with zero attached hydrogens (tertiary/aromatic N) is 4. The normalized spacial score (nSPS) is 22.4. The number of carbonyl (C=O) groups is 3. The van der Waals surface area contributed by atoms with Crippen LogP contribution in [0, 0.1) is 24.2 Å². The van der Waals surface area contributed by atoms with Crippen LogP contribution in [0.1, 0.15) is 35.5 Å². The maximum Gasteiger partial charge on any atom is 0.317 e. The lowest BCUT2D eigenvalue weighted by atomic mass is 9.98. The summed E-state index contributed by atoms with van der Waals surface area (Å²) in [6, 6.07) is 4.63. The molecule has 0 bridgehead atoms. The smallest absolute Gasteiger partial charge is 0.317 e. The minimum atomic E-state index is -3.78. The molecule has 2 unspecified atom stereocenters. The van der Waals surface area contributed by atoms with E-state index in [1.165, 1.54) is 28.5 Å². The van der Waals surface area contributed by atoms with E-state index in [9.17, 15) is 27.6 Å². The van der Waals surface area contributed by atoms with Gasteiger partial charge in [0.25, 0.3) is 0 Å². The zero-order valence-corrected chi connectivity index (χ0v) is 23.1. The maximum absolute atomic E-state index is 14.5. The van der Waals surface area contributed by atoms with Crippen molar-refractivity contribution in [2.45, 2.75) is 39.8 Å². The molecule has 2 saturated heterocycles. The summed E-state index contributed by atoms with van der Waals surface area (Å²) in [6.07, 6.45) is 1.54. The summed E-state index contributed by atoms with van der Waals surface area (Å²) in [6.45, 7) is 5.11. The monoisotopic (exact) mass is 571 g/mol. The Morgan fingerprint density at radius 2 is 1.88 bits per heavy atom. The number of aromatic nitrogens is 2. The Kier molecular flexibility index (Phi) is 6.26. The fourth-order valence-corrected chi connectivity index (χ4v) is 7.07. The molecule has 1 aliphatic carbocycles. The molecule has 3 aromatic heterocycles. The molecule has 5 heterocycles. The number of fused-ring (bicyclic) bond motifs is 2. The summed E-state index contributed by atoms with van der Waals surface area (Å²) in [7, 11) is 0. The van der Waals surface area contributed by atoms with Crippen LogP contribution >= 0.6 is 11.3 Å². The van der Waals surface area contributed by atoms with Crippen molar-refractivity contribution in [2.24, 2.45) is 17.3 Å². The number of thiophene rings is 1. The van der Waals surface area contributed by atoms with Crippen molar-refractivity contribution >= 4 is 39.3 Å². The number of nitrogens with one attached hydrogen (secondary N) is 1. The molecule has 3 amide bonds. The molecular formula is C28H28F3N5O3S. The summed E-state index contributed by atoms with van der Waals surface area (Å²) < 4.78 is 43.0. The number of hydrogen-bond acceptors (Lipinski definition) is 7. The summed E-state index contributed by atoms with van der Waals surface area (Å²) in [5, 5.41) is 3.01. The van der Waals surface area contributed by atoms with Crippen LogP contribution in [0.15, 0.2) is 24.4 Å². The molecule has 0 spiro atoms. The lowest BCUT2D eigenvalue weighted by Crippen LogP contribution is -2.47. The highest BCUT2D eigenvalue weighted by Crippen LogP contribution is 2.63. The van der Waals surface area contributed by atoms with Gasteiger partial charge in [-0.05, 0) is 36.1 Å². The summed E-state index contributed by atoms with van der Waals surface area (Å²) >= 11 is 1.31. The SMILES string of the molecule is Cc1cc(C(F)(F)CF)nc(-c2ccnc3cc(CN4C(=O)C5C(C4=O)C5(C)C)sc23)c1CN1CCNCC1=O. The number of rotatable bonds is 7. The number of hydrogen-bond donors (Lipinski definition) is 1. The second-order valence-electron chi connectivity index (χ2n) is 11.3. The minimum Gasteiger partial charge on any atom is -0.336 e. The first-order chi connectivity index (χ1) is 18.9. The van der Waals surface area contributed by atoms with Crippen molar-refractivity contribution in [1.82, 2.24) is 25.1 Å². The lowest BCUT2D eigenvalue weighted by Gasteiger charge is -2.29. The van der Waals surface area contributed by atoms with Gasteiger partial charge in [0, 0.05) is 41.8 Å². The van der Waals surface area contributed by atoms with E-state index in [2.05, 4.69) is 15.3 Å². The Bertz CT molecular complexity index is 1550. The van der Waals surface area contributed by atoms with Crippen LogP contribution < -0.4 is 5.32 Å². The molecule has 2 atom stereocenters. The first-order valence-electron chi connectivity index (χ1n) is 13.1. The third-order valence-corrected chi connectivity index (χ3v) is 9.49. The van der Waals surface area contributed by atoms with Crippen LogP contribution in [0.5, 0.6) is 0 Å². The Morgan fingerprint density at radius 3 is 2.55 bits per heavy atom. The Morgan fingerprint density at radius 1 is 1.15 bits per heavy atom. The highest BCUT2D eigenvalue weighted by atomic mass is 32.1. The van der Waals surface area contributed by atoms with Gasteiger partial charge < -0.3 is 10.2 Å². The van der Waals surface area contributed by atoms with Gasteiger partial charge in [-0.25, -0.2) is 9.37 Å². The molecule has 0 aromatic carbocycles. The van der Waals surface area contributed by atoms with Crippen molar-refractivity contribution in [1.29, 1.82) is 0 Å². The molecule has 3 aromatic rings. The van der Waals surface area contributed by atoms with Crippen LogP contribution in [0.3, 0.4) is 0 Å². The zero-order chi connectivity index (χ0) is 28.6. The number of amides is 3. The van der Waals surface area contributed by atoms with Crippen LogP contribution in [0.4, 0.5) is 13.2 Å². The number of piperazine rings is 1. The van der Waals surface area contributed by atoms with E-state index in [1.807, 2.05) is 13.8 Å². The predicted molar refractivity (Wildman–Crippen MR) is 142 cm³/mol. The number of aryl methyl sites for hydroxylation is 1. The topological polar surface area (TPSA) is 95.5 Å². The molecule has 12 heteroatoms. The van der Waals surface area contributed by atoms with Gasteiger partial charge in [0.05, 0.1) is 40.8 Å². The number of halogens is 3. The van der Waals surface area contributed by atoms with Crippen molar-refractivity contribution in [3.8, 4) is 11.3 Å². The number of imide groups is 1. The van der Waals surface area contributed by atoms with E-state index in [0.29, 0.717) is 40.0 Å². The van der Waals surface area contributed by atoms with Gasteiger partial charge >= 0.3 is 5.92 Å². The number of alkyl halides is 3. The number of pyridine rings is 2. The highest BCUT2D eigenvalue weighted by Gasteiger charge is 2.72. The van der Waals surface area contributed by atoms with Gasteiger partial charge in [0.15, 0.2) is 6.67 Å². The molecule has 40 heavy (non-hydrogen) atoms. The molecule has 1 N–H and O–H groups in total. The second-order valence-corrected chi connectivity index (χ2v) is 12.4. The van der Waals surface area contributed by atoms with Crippen LogP contribution in [0.25, 0.3) is 21.5 Å². The molecule has 6 rings (SSSR count). The standard InChI is InChI=1S/C28H28F3N5O3S/c1-14-8-19(28(30,31)13-29)34-23(17(14)12-35-7-6-32-10-20(35)37)16-4-5-33-18-9-15(40-24(16)18)11-36-25(38)21-22(26(36)39)27(21,2)3/h4-5,8-9,21-22,32H,6-7,10-13H2,1-3H3. The lowest BCUT2D eigenvalue weighted by molar-refractivity contribution is -0.143. The van der Waals surface area contributed by atoms with E-state index in [-0.39, 0.29) is 60.3 Å². The van der Waals surface area contributed by atoms with Gasteiger partial charge in [-0.3, -0.25) is 24.3 Å². The van der Waals surface area contributed by atoms with E-state index < -0.39 is 18.3 Å². The minimum absolute atomic E-state index is 0.107. The largest absolute Gasteiger partial charge is 0.336 e. The molecule has 3 aliphatic rings. The number of carbonyl (C=O) groups excluding carboxylic acids is 3. The van der Waals surface area contributed by atoms with E-state index in [1.54, 1.807) is 24.0 Å². The van der Waals surface area contributed by atoms with Crippen molar-refractivity contribution in [3.05, 3.63) is 46.1 Å². The molecule has 0 radical (unpaired) electrons. The third-order valence-electron chi connectivity index (χ3n) is 8.35. The van der Waals surface area contributed by atoms with Crippen molar-refractivity contribution < 1.29 is 27.6 Å². The summed E-state index contributed by atoms with van der Waals surface area (Å²) in [4.78, 5) is 50.7. The average Bonchev–Trinajstić information content (AvgIpc) is 3.16. The van der Waals surface area contributed by atoms with E-state index in [0.717, 1.165) is 4.88 Å². The van der Waals surface area contributed by atoms with Crippen LogP contribution in [-0.2, 0) is 33.4 Å². The second kappa shape index (κ2) is 9.34. The molecule has 210 valence electrons. The molecule has 8 nitrogen and oxygen atoms in total. The van der Waals surface area contributed by atoms with Gasteiger partial charge in [0.1, 0.15) is 5.69 Å². The molecule has 3 fully saturated rings. The molecular weight excluding hydrogens is 543 g/mol. The predicted octanol–water partition coefficient (Wildman–Crippen LogP) is 3.80. The first kappa shape index (κ1) is 26.8. The molecule has 2 aliphatic heterocycles. The number of likely N-dealkylation sites (tertiary alicyclic amines) is 1. The van der Waals surface area contributed by atoms with Gasteiger partial charge in [0.2, 0.25) is 17.7 Å². The Labute approximate surface area is 232 Å². The fourth-order valence-electron chi connectivity index (χ4n) is 5.95. The summed E-state index contributed by atoms with van der Waals surface area (Å²) in [5.41, 5.74) is 1.37. The highest BCUT2D eigenvalue weighted by molar-refractivity contribution is 7.19. The van der Waals surface area contributed by atoms with Gasteiger partial charge in [-0.15, -0.1) is 11.3 Å². The quantitative estimate of drug-likeness (QED) is 0.434. The Balaban J connectivity index is 1.41. The van der Waals surface area contributed by atoms with Gasteiger partial charge in [-0.2, -0.15) is 8.78 Å². The fraction of sp³-hybridized carbons (Fsp3) is 0.464. The number of piperidine rings is 1. The van der Waals surface area contributed by atoms with E-state index in [4.69, 9.17) is 0 Å². The summed E-state index contributed by atoms with van der Waals surface area (Å²) in [5.74, 6) is -4.81. The van der Waals surface area contributed by atoms with Crippen molar-refractivity contribution in [2.75, 3.05) is 26.3 Å². The zero-order valence-electron chi connectivity index (χ0n) is 22.3. The maximum atomic E-state index is 14.5.